The fraction of sp³-hybridized carbons (Fsp3) is 0.412. The number of ether oxygens (including phenoxy) is 1. The van der Waals surface area contributed by atoms with Crippen LogP contribution in [0.15, 0.2) is 35.7 Å². The Labute approximate surface area is 157 Å². The van der Waals surface area contributed by atoms with E-state index in [4.69, 9.17) is 4.74 Å². The van der Waals surface area contributed by atoms with Gasteiger partial charge in [-0.15, -0.1) is 0 Å². The van der Waals surface area contributed by atoms with Crippen molar-refractivity contribution in [2.45, 2.75) is 11.4 Å². The van der Waals surface area contributed by atoms with Crippen molar-refractivity contribution >= 4 is 15.9 Å². The number of carbonyl (C=O) groups excluding carboxylic acids is 1. The maximum atomic E-state index is 13.9. The smallest absolute Gasteiger partial charge is 0.262 e. The third-order valence-electron chi connectivity index (χ3n) is 4.43. The number of sulfonamides is 1. The number of benzene rings is 1. The average Bonchev–Trinajstić information content (AvgIpc) is 2.93. The van der Waals surface area contributed by atoms with Gasteiger partial charge in [0.15, 0.2) is 16.6 Å². The zero-order chi connectivity index (χ0) is 19.6. The minimum Gasteiger partial charge on any atom is -0.494 e. The number of hydrogen-bond donors (Lipinski definition) is 0. The fourth-order valence-corrected chi connectivity index (χ4v) is 4.41. The Hall–Kier alpha value is -2.46. The maximum absolute atomic E-state index is 13.9. The van der Waals surface area contributed by atoms with Gasteiger partial charge in [0.05, 0.1) is 13.4 Å². The quantitative estimate of drug-likeness (QED) is 0.773. The molecule has 8 nitrogen and oxygen atoms in total. The van der Waals surface area contributed by atoms with Gasteiger partial charge in [0.2, 0.25) is 0 Å². The van der Waals surface area contributed by atoms with Gasteiger partial charge in [-0.05, 0) is 24.6 Å². The first-order valence-electron chi connectivity index (χ1n) is 8.44. The van der Waals surface area contributed by atoms with Crippen molar-refractivity contribution in [1.82, 2.24) is 18.8 Å². The Bertz CT molecular complexity index is 944. The molecule has 0 saturated carbocycles. The van der Waals surface area contributed by atoms with Crippen LogP contribution in [0.1, 0.15) is 16.8 Å². The molecular formula is C17H21FN4O4S. The monoisotopic (exact) mass is 396 g/mol. The lowest BCUT2D eigenvalue weighted by Crippen LogP contribution is -2.37. The van der Waals surface area contributed by atoms with Gasteiger partial charge in [-0.2, -0.15) is 4.31 Å². The van der Waals surface area contributed by atoms with E-state index in [0.29, 0.717) is 19.5 Å². The van der Waals surface area contributed by atoms with Gasteiger partial charge < -0.3 is 14.2 Å². The molecule has 2 aromatic rings. The SMILES string of the molecule is COc1ccc(C(=O)N2CCCN(S(=O)(=O)c3cn(C)cn3)CC2)cc1F. The second-order valence-electron chi connectivity index (χ2n) is 6.28. The normalized spacial score (nSPS) is 16.2. The maximum Gasteiger partial charge on any atom is 0.262 e. The van der Waals surface area contributed by atoms with Crippen LogP contribution in [0.25, 0.3) is 0 Å². The number of hydrogen-bond acceptors (Lipinski definition) is 5. The first-order valence-corrected chi connectivity index (χ1v) is 9.88. The van der Waals surface area contributed by atoms with Crippen molar-refractivity contribution in [1.29, 1.82) is 0 Å². The lowest BCUT2D eigenvalue weighted by atomic mass is 10.1. The van der Waals surface area contributed by atoms with Gasteiger partial charge in [0.25, 0.3) is 15.9 Å². The van der Waals surface area contributed by atoms with Crippen LogP contribution in [-0.4, -0.2) is 66.4 Å². The molecule has 0 unspecified atom stereocenters. The molecule has 3 rings (SSSR count). The van der Waals surface area contributed by atoms with Crippen LogP contribution in [0.3, 0.4) is 0 Å². The Morgan fingerprint density at radius 1 is 1.22 bits per heavy atom. The van der Waals surface area contributed by atoms with Crippen molar-refractivity contribution < 1.29 is 22.3 Å². The van der Waals surface area contributed by atoms with Crippen LogP contribution >= 0.6 is 0 Å². The third kappa shape index (κ3) is 3.96. The number of carbonyl (C=O) groups is 1. The van der Waals surface area contributed by atoms with E-state index >= 15 is 0 Å². The second-order valence-corrected chi connectivity index (χ2v) is 8.16. The molecule has 1 aromatic carbocycles. The molecule has 2 heterocycles. The first-order chi connectivity index (χ1) is 12.8. The number of methoxy groups -OCH3 is 1. The highest BCUT2D eigenvalue weighted by molar-refractivity contribution is 7.89. The van der Waals surface area contributed by atoms with Crippen LogP contribution < -0.4 is 4.74 Å². The lowest BCUT2D eigenvalue weighted by molar-refractivity contribution is 0.0763. The van der Waals surface area contributed by atoms with E-state index in [1.165, 1.54) is 41.0 Å². The molecule has 0 aliphatic carbocycles. The molecule has 1 amide bonds. The van der Waals surface area contributed by atoms with E-state index in [2.05, 4.69) is 4.98 Å². The number of imidazole rings is 1. The second kappa shape index (κ2) is 7.65. The van der Waals surface area contributed by atoms with Gasteiger partial charge in [0, 0.05) is 45.0 Å². The molecular weight excluding hydrogens is 375 g/mol. The summed E-state index contributed by atoms with van der Waals surface area (Å²) >= 11 is 0. The molecule has 1 aliphatic rings. The molecule has 1 fully saturated rings. The molecule has 1 aromatic heterocycles. The zero-order valence-electron chi connectivity index (χ0n) is 15.1. The summed E-state index contributed by atoms with van der Waals surface area (Å²) in [5.74, 6) is -0.888. The fourth-order valence-electron chi connectivity index (χ4n) is 2.97. The van der Waals surface area contributed by atoms with Crippen molar-refractivity contribution in [2.24, 2.45) is 7.05 Å². The number of nitrogens with zero attached hydrogens (tertiary/aromatic N) is 4. The van der Waals surface area contributed by atoms with Gasteiger partial charge in [-0.25, -0.2) is 17.8 Å². The third-order valence-corrected chi connectivity index (χ3v) is 6.21. The van der Waals surface area contributed by atoms with Gasteiger partial charge in [-0.3, -0.25) is 4.79 Å². The predicted molar refractivity (Wildman–Crippen MR) is 95.4 cm³/mol. The molecule has 0 radical (unpaired) electrons. The predicted octanol–water partition coefficient (Wildman–Crippen LogP) is 1.10. The van der Waals surface area contributed by atoms with E-state index in [-0.39, 0.29) is 35.3 Å². The van der Waals surface area contributed by atoms with Gasteiger partial charge in [-0.1, -0.05) is 0 Å². The molecule has 146 valence electrons. The topological polar surface area (TPSA) is 84.7 Å². The summed E-state index contributed by atoms with van der Waals surface area (Å²) in [4.78, 5) is 18.1. The Kier molecular flexibility index (Phi) is 5.47. The highest BCUT2D eigenvalue weighted by atomic mass is 32.2. The number of halogens is 1. The highest BCUT2D eigenvalue weighted by Crippen LogP contribution is 2.20. The van der Waals surface area contributed by atoms with Crippen LogP contribution in [0.5, 0.6) is 5.75 Å². The lowest BCUT2D eigenvalue weighted by Gasteiger charge is -2.21. The van der Waals surface area contributed by atoms with E-state index in [1.807, 2.05) is 0 Å². The van der Waals surface area contributed by atoms with Crippen molar-refractivity contribution in [3.05, 3.63) is 42.1 Å². The molecule has 1 aliphatic heterocycles. The molecule has 0 atom stereocenters. The first kappa shape index (κ1) is 19.3. The standard InChI is InChI=1S/C17H21FN4O4S/c1-20-11-16(19-12-20)27(24,25)22-7-3-6-21(8-9-22)17(23)13-4-5-15(26-2)14(18)10-13/h4-5,10-12H,3,6-9H2,1-2H3. The highest BCUT2D eigenvalue weighted by Gasteiger charge is 2.30. The number of aryl methyl sites for hydroxylation is 1. The van der Waals surface area contributed by atoms with Crippen LogP contribution in [0.4, 0.5) is 4.39 Å². The largest absolute Gasteiger partial charge is 0.494 e. The van der Waals surface area contributed by atoms with Crippen LogP contribution in [0.2, 0.25) is 0 Å². The number of rotatable bonds is 4. The molecule has 0 bridgehead atoms. The molecule has 10 heteroatoms. The summed E-state index contributed by atoms with van der Waals surface area (Å²) in [7, 11) is -0.657. The number of amides is 1. The van der Waals surface area contributed by atoms with Crippen molar-refractivity contribution in [3.8, 4) is 5.75 Å². The van der Waals surface area contributed by atoms with Gasteiger partial charge in [0.1, 0.15) is 0 Å². The summed E-state index contributed by atoms with van der Waals surface area (Å²) in [6, 6.07) is 4.03. The van der Waals surface area contributed by atoms with E-state index < -0.39 is 15.8 Å². The summed E-state index contributed by atoms with van der Waals surface area (Å²) < 4.78 is 47.0. The van der Waals surface area contributed by atoms with E-state index in [0.717, 1.165) is 6.07 Å². The van der Waals surface area contributed by atoms with E-state index in [1.54, 1.807) is 11.6 Å². The van der Waals surface area contributed by atoms with Gasteiger partial charge >= 0.3 is 0 Å². The Balaban J connectivity index is 1.73. The minimum absolute atomic E-state index is 0.0120. The summed E-state index contributed by atoms with van der Waals surface area (Å²) in [5, 5.41) is -0.0120. The van der Waals surface area contributed by atoms with Crippen molar-refractivity contribution in [3.63, 3.8) is 0 Å². The van der Waals surface area contributed by atoms with Crippen molar-refractivity contribution in [2.75, 3.05) is 33.3 Å². The summed E-state index contributed by atoms with van der Waals surface area (Å²) in [6.45, 7) is 1.06. The van der Waals surface area contributed by atoms with Crippen LogP contribution in [0, 0.1) is 5.82 Å². The molecule has 27 heavy (non-hydrogen) atoms. The summed E-state index contributed by atoms with van der Waals surface area (Å²) in [6.07, 6.45) is 3.36. The molecule has 1 saturated heterocycles. The Morgan fingerprint density at radius 2 is 2.00 bits per heavy atom. The van der Waals surface area contributed by atoms with E-state index in [9.17, 15) is 17.6 Å². The molecule has 0 spiro atoms. The average molecular weight is 396 g/mol. The number of aromatic nitrogens is 2. The molecule has 0 N–H and O–H groups in total. The Morgan fingerprint density at radius 3 is 2.63 bits per heavy atom. The zero-order valence-corrected chi connectivity index (χ0v) is 15.9. The van der Waals surface area contributed by atoms with Crippen LogP contribution in [-0.2, 0) is 17.1 Å². The minimum atomic E-state index is -3.71. The summed E-state index contributed by atoms with van der Waals surface area (Å²) in [5.41, 5.74) is 0.203.